The van der Waals surface area contributed by atoms with Crippen molar-refractivity contribution in [2.75, 3.05) is 6.54 Å². The van der Waals surface area contributed by atoms with Crippen molar-refractivity contribution in [1.82, 2.24) is 15.1 Å². The Kier molecular flexibility index (Phi) is 3.64. The van der Waals surface area contributed by atoms with E-state index in [0.29, 0.717) is 5.92 Å². The number of aryl methyl sites for hydroxylation is 2. The summed E-state index contributed by atoms with van der Waals surface area (Å²) in [5, 5.41) is 8.12. The van der Waals surface area contributed by atoms with E-state index in [1.165, 1.54) is 25.0 Å². The number of nitrogens with zero attached hydrogens (tertiary/aromatic N) is 2. The first-order valence-corrected chi connectivity index (χ1v) is 6.39. The van der Waals surface area contributed by atoms with Crippen LogP contribution in [-0.2, 0) is 6.54 Å². The second-order valence-electron chi connectivity index (χ2n) is 5.25. The van der Waals surface area contributed by atoms with Crippen LogP contribution in [0.5, 0.6) is 0 Å². The zero-order valence-corrected chi connectivity index (χ0v) is 10.7. The van der Waals surface area contributed by atoms with Gasteiger partial charge in [-0.15, -0.1) is 0 Å². The Balaban J connectivity index is 1.77. The molecule has 1 fully saturated rings. The molecular weight excluding hydrogens is 198 g/mol. The molecule has 0 bridgehead atoms. The third-order valence-electron chi connectivity index (χ3n) is 3.45. The largest absolute Gasteiger partial charge is 0.314 e. The van der Waals surface area contributed by atoms with Gasteiger partial charge in [-0.2, -0.15) is 5.10 Å². The maximum absolute atomic E-state index is 4.50. The highest BCUT2D eigenvalue weighted by atomic mass is 15.3. The third kappa shape index (κ3) is 2.85. The maximum Gasteiger partial charge on any atom is 0.0596 e. The minimum atomic E-state index is 0.651. The molecule has 16 heavy (non-hydrogen) atoms. The average molecular weight is 221 g/mol. The second-order valence-corrected chi connectivity index (χ2v) is 5.25. The molecule has 1 heterocycles. The molecule has 1 atom stereocenters. The van der Waals surface area contributed by atoms with Gasteiger partial charge in [-0.3, -0.25) is 4.68 Å². The highest BCUT2D eigenvalue weighted by Crippen LogP contribution is 2.18. The van der Waals surface area contributed by atoms with Crippen LogP contribution < -0.4 is 5.32 Å². The zero-order valence-electron chi connectivity index (χ0n) is 10.7. The first kappa shape index (κ1) is 11.6. The van der Waals surface area contributed by atoms with Crippen LogP contribution in [0.25, 0.3) is 0 Å². The van der Waals surface area contributed by atoms with Gasteiger partial charge in [0.1, 0.15) is 0 Å². The summed E-state index contributed by atoms with van der Waals surface area (Å²) in [7, 11) is 0. The SMILES string of the molecule is Cc1cc(C)n(CC(C)CNC2CCC2)n1. The lowest BCUT2D eigenvalue weighted by atomic mass is 9.93. The van der Waals surface area contributed by atoms with E-state index >= 15 is 0 Å². The predicted molar refractivity (Wildman–Crippen MR) is 66.5 cm³/mol. The Morgan fingerprint density at radius 3 is 2.75 bits per heavy atom. The van der Waals surface area contributed by atoms with E-state index in [0.717, 1.165) is 24.8 Å². The Bertz CT molecular complexity index is 339. The molecule has 0 aliphatic heterocycles. The summed E-state index contributed by atoms with van der Waals surface area (Å²) in [6.07, 6.45) is 4.14. The van der Waals surface area contributed by atoms with Crippen LogP contribution in [-0.4, -0.2) is 22.4 Å². The van der Waals surface area contributed by atoms with Crippen LogP contribution in [0.1, 0.15) is 37.6 Å². The van der Waals surface area contributed by atoms with E-state index in [-0.39, 0.29) is 0 Å². The highest BCUT2D eigenvalue weighted by molar-refractivity contribution is 5.06. The molecule has 3 heteroatoms. The Labute approximate surface area is 98.2 Å². The molecule has 0 aromatic carbocycles. The lowest BCUT2D eigenvalue weighted by Gasteiger charge is -2.28. The van der Waals surface area contributed by atoms with E-state index in [1.54, 1.807) is 0 Å². The van der Waals surface area contributed by atoms with Crippen LogP contribution in [0, 0.1) is 19.8 Å². The normalized spacial score (nSPS) is 18.4. The number of hydrogen-bond donors (Lipinski definition) is 1. The quantitative estimate of drug-likeness (QED) is 0.826. The van der Waals surface area contributed by atoms with Gasteiger partial charge in [0, 0.05) is 18.3 Å². The molecule has 0 saturated heterocycles. The monoisotopic (exact) mass is 221 g/mol. The molecule has 1 aliphatic carbocycles. The lowest BCUT2D eigenvalue weighted by Crippen LogP contribution is -2.38. The summed E-state index contributed by atoms with van der Waals surface area (Å²) < 4.78 is 2.13. The van der Waals surface area contributed by atoms with E-state index in [4.69, 9.17) is 0 Å². The van der Waals surface area contributed by atoms with Crippen molar-refractivity contribution in [2.24, 2.45) is 5.92 Å². The molecule has 1 aliphatic rings. The Morgan fingerprint density at radius 2 is 2.25 bits per heavy atom. The molecule has 90 valence electrons. The summed E-state index contributed by atoms with van der Waals surface area (Å²) in [4.78, 5) is 0. The lowest BCUT2D eigenvalue weighted by molar-refractivity contribution is 0.307. The minimum absolute atomic E-state index is 0.651. The molecule has 1 aromatic heterocycles. The summed E-state index contributed by atoms with van der Waals surface area (Å²) in [5.41, 5.74) is 2.39. The molecule has 2 rings (SSSR count). The molecule has 1 N–H and O–H groups in total. The average Bonchev–Trinajstić information content (AvgIpc) is 2.42. The van der Waals surface area contributed by atoms with Gasteiger partial charge in [0.2, 0.25) is 0 Å². The number of rotatable bonds is 5. The van der Waals surface area contributed by atoms with Crippen molar-refractivity contribution < 1.29 is 0 Å². The van der Waals surface area contributed by atoms with E-state index in [1.807, 2.05) is 0 Å². The Hall–Kier alpha value is -0.830. The van der Waals surface area contributed by atoms with Crippen molar-refractivity contribution in [1.29, 1.82) is 0 Å². The number of nitrogens with one attached hydrogen (secondary N) is 1. The fourth-order valence-corrected chi connectivity index (χ4v) is 2.20. The van der Waals surface area contributed by atoms with Crippen LogP contribution in [0.3, 0.4) is 0 Å². The van der Waals surface area contributed by atoms with Crippen LogP contribution in [0.2, 0.25) is 0 Å². The molecule has 0 radical (unpaired) electrons. The van der Waals surface area contributed by atoms with E-state index in [2.05, 4.69) is 41.9 Å². The fraction of sp³-hybridized carbons (Fsp3) is 0.769. The molecule has 1 saturated carbocycles. The van der Waals surface area contributed by atoms with Crippen molar-refractivity contribution in [3.05, 3.63) is 17.5 Å². The van der Waals surface area contributed by atoms with Gasteiger partial charge in [0.15, 0.2) is 0 Å². The summed E-state index contributed by atoms with van der Waals surface area (Å²) >= 11 is 0. The summed E-state index contributed by atoms with van der Waals surface area (Å²) in [5.74, 6) is 0.651. The van der Waals surface area contributed by atoms with Crippen molar-refractivity contribution >= 4 is 0 Å². The van der Waals surface area contributed by atoms with Crippen LogP contribution >= 0.6 is 0 Å². The van der Waals surface area contributed by atoms with Gasteiger partial charge in [-0.05, 0) is 45.2 Å². The van der Waals surface area contributed by atoms with E-state index in [9.17, 15) is 0 Å². The number of hydrogen-bond acceptors (Lipinski definition) is 2. The number of aromatic nitrogens is 2. The van der Waals surface area contributed by atoms with Crippen molar-refractivity contribution in [3.63, 3.8) is 0 Å². The van der Waals surface area contributed by atoms with Crippen molar-refractivity contribution in [2.45, 2.75) is 52.6 Å². The molecule has 0 spiro atoms. The fourth-order valence-electron chi connectivity index (χ4n) is 2.20. The Morgan fingerprint density at radius 1 is 1.50 bits per heavy atom. The van der Waals surface area contributed by atoms with Gasteiger partial charge < -0.3 is 5.32 Å². The standard InChI is InChI=1S/C13H23N3/c1-10(8-14-13-5-4-6-13)9-16-12(3)7-11(2)15-16/h7,10,13-14H,4-6,8-9H2,1-3H3. The summed E-state index contributed by atoms with van der Waals surface area (Å²) in [6.45, 7) is 8.62. The minimum Gasteiger partial charge on any atom is -0.314 e. The molecule has 0 amide bonds. The predicted octanol–water partition coefficient (Wildman–Crippen LogP) is 2.28. The maximum atomic E-state index is 4.50. The van der Waals surface area contributed by atoms with Crippen LogP contribution in [0.15, 0.2) is 6.07 Å². The zero-order chi connectivity index (χ0) is 11.5. The van der Waals surface area contributed by atoms with Gasteiger partial charge >= 0.3 is 0 Å². The highest BCUT2D eigenvalue weighted by Gasteiger charge is 2.17. The van der Waals surface area contributed by atoms with E-state index < -0.39 is 0 Å². The topological polar surface area (TPSA) is 29.9 Å². The molecule has 3 nitrogen and oxygen atoms in total. The molecule has 1 unspecified atom stereocenters. The smallest absolute Gasteiger partial charge is 0.0596 e. The molecular formula is C13H23N3. The molecule has 1 aromatic rings. The van der Waals surface area contributed by atoms with Gasteiger partial charge in [-0.1, -0.05) is 13.3 Å². The first-order valence-electron chi connectivity index (χ1n) is 6.39. The van der Waals surface area contributed by atoms with Gasteiger partial charge in [-0.25, -0.2) is 0 Å². The van der Waals surface area contributed by atoms with Crippen LogP contribution in [0.4, 0.5) is 0 Å². The van der Waals surface area contributed by atoms with Gasteiger partial charge in [0.25, 0.3) is 0 Å². The first-order chi connectivity index (χ1) is 7.65. The van der Waals surface area contributed by atoms with Gasteiger partial charge in [0.05, 0.1) is 5.69 Å². The summed E-state index contributed by atoms with van der Waals surface area (Å²) in [6, 6.07) is 2.94. The van der Waals surface area contributed by atoms with Crippen molar-refractivity contribution in [3.8, 4) is 0 Å². The second kappa shape index (κ2) is 5.00. The third-order valence-corrected chi connectivity index (χ3v) is 3.45.